The summed E-state index contributed by atoms with van der Waals surface area (Å²) < 4.78 is 23.6. The third-order valence-corrected chi connectivity index (χ3v) is 11.7. The zero-order chi connectivity index (χ0) is 40.7. The highest BCUT2D eigenvalue weighted by molar-refractivity contribution is 7.47. The van der Waals surface area contributed by atoms with Crippen molar-refractivity contribution in [3.8, 4) is 0 Å². The van der Waals surface area contributed by atoms with E-state index in [0.29, 0.717) is 17.4 Å². The lowest BCUT2D eigenvalue weighted by Gasteiger charge is -2.25. The number of carbonyl (C=O) groups excluding carboxylic acids is 1. The minimum absolute atomic E-state index is 0.0647. The van der Waals surface area contributed by atoms with Gasteiger partial charge in [-0.3, -0.25) is 13.8 Å². The Kier molecular flexibility index (Phi) is 38.2. The molecule has 0 rings (SSSR count). The number of hydrogen-bond acceptors (Lipinski definition) is 5. The molecule has 0 aliphatic heterocycles. The molecule has 0 aromatic rings. The number of amides is 1. The maximum absolute atomic E-state index is 12.9. The number of likely N-dealkylation sites (N-methyl/N-ethyl adjacent to an activating group) is 1. The third kappa shape index (κ3) is 41.2. The normalized spacial score (nSPS) is 14.4. The van der Waals surface area contributed by atoms with E-state index in [1.54, 1.807) is 6.08 Å². The molecular formula is C46H94N2O6P+. The number of aliphatic hydroxyl groups excluding tert-OH is 1. The van der Waals surface area contributed by atoms with Gasteiger partial charge in [-0.1, -0.05) is 212 Å². The van der Waals surface area contributed by atoms with Gasteiger partial charge in [-0.2, -0.15) is 0 Å². The summed E-state index contributed by atoms with van der Waals surface area (Å²) in [7, 11) is 1.58. The third-order valence-electron chi connectivity index (χ3n) is 10.8. The summed E-state index contributed by atoms with van der Waals surface area (Å²) in [6.45, 7) is 4.84. The molecule has 0 saturated heterocycles. The zero-order valence-electron chi connectivity index (χ0n) is 37.2. The fourth-order valence-corrected chi connectivity index (χ4v) is 7.72. The fraction of sp³-hybridized carbons (Fsp3) is 0.935. The Morgan fingerprint density at radius 1 is 0.600 bits per heavy atom. The quantitative estimate of drug-likeness (QED) is 0.0245. The molecule has 55 heavy (non-hydrogen) atoms. The summed E-state index contributed by atoms with van der Waals surface area (Å²) in [5, 5.41) is 13.9. The van der Waals surface area contributed by atoms with Crippen LogP contribution in [0.5, 0.6) is 0 Å². The highest BCUT2D eigenvalue weighted by Gasteiger charge is 2.27. The maximum atomic E-state index is 12.9. The van der Waals surface area contributed by atoms with Gasteiger partial charge in [0.25, 0.3) is 0 Å². The molecule has 8 nitrogen and oxygen atoms in total. The molecule has 0 spiro atoms. The van der Waals surface area contributed by atoms with E-state index in [1.165, 1.54) is 173 Å². The second-order valence-corrected chi connectivity index (χ2v) is 18.9. The van der Waals surface area contributed by atoms with Gasteiger partial charge in [0.2, 0.25) is 5.91 Å². The van der Waals surface area contributed by atoms with Crippen LogP contribution in [0.4, 0.5) is 0 Å². The number of nitrogens with one attached hydrogen (secondary N) is 1. The van der Waals surface area contributed by atoms with Crippen LogP contribution in [-0.4, -0.2) is 73.4 Å². The van der Waals surface area contributed by atoms with E-state index in [4.69, 9.17) is 9.05 Å². The van der Waals surface area contributed by atoms with Crippen LogP contribution >= 0.6 is 7.82 Å². The van der Waals surface area contributed by atoms with Crippen molar-refractivity contribution in [1.82, 2.24) is 5.32 Å². The second kappa shape index (κ2) is 38.7. The first-order valence-electron chi connectivity index (χ1n) is 23.6. The van der Waals surface area contributed by atoms with Gasteiger partial charge >= 0.3 is 7.82 Å². The number of unbranched alkanes of at least 4 members (excludes halogenated alkanes) is 30. The number of hydrogen-bond donors (Lipinski definition) is 3. The number of phosphoric ester groups is 1. The van der Waals surface area contributed by atoms with E-state index < -0.39 is 20.0 Å². The lowest BCUT2D eigenvalue weighted by molar-refractivity contribution is -0.870. The standard InChI is InChI=1S/C46H93N2O6P/c1-6-8-10-12-14-16-18-20-22-23-24-26-27-29-31-33-35-37-39-45(49)44(43-54-55(51,52)53-42-41-48(3,4)5)47-46(50)40-38-36-34-32-30-28-25-21-19-17-15-13-11-9-7-2/h37,39,44-45,49H,6-36,38,40-43H2,1-5H3,(H-,47,50,51,52)/p+1/b39-37+. The van der Waals surface area contributed by atoms with Crippen LogP contribution in [0.1, 0.15) is 226 Å². The van der Waals surface area contributed by atoms with E-state index in [2.05, 4.69) is 19.2 Å². The van der Waals surface area contributed by atoms with Crippen molar-refractivity contribution in [2.45, 2.75) is 238 Å². The molecule has 0 fully saturated rings. The lowest BCUT2D eigenvalue weighted by atomic mass is 10.0. The van der Waals surface area contributed by atoms with E-state index in [0.717, 1.165) is 32.1 Å². The van der Waals surface area contributed by atoms with Crippen LogP contribution in [0.3, 0.4) is 0 Å². The maximum Gasteiger partial charge on any atom is 0.472 e. The molecule has 0 saturated carbocycles. The average Bonchev–Trinajstić information content (AvgIpc) is 3.13. The number of aliphatic hydroxyl groups is 1. The predicted octanol–water partition coefficient (Wildman–Crippen LogP) is 13.1. The molecule has 3 N–H and O–H groups in total. The van der Waals surface area contributed by atoms with Gasteiger partial charge in [-0.15, -0.1) is 0 Å². The van der Waals surface area contributed by atoms with E-state index in [-0.39, 0.29) is 19.1 Å². The number of quaternary nitrogens is 1. The second-order valence-electron chi connectivity index (χ2n) is 17.5. The molecule has 328 valence electrons. The molecule has 3 unspecified atom stereocenters. The number of nitrogens with zero attached hydrogens (tertiary/aromatic N) is 1. The molecule has 1 amide bonds. The lowest BCUT2D eigenvalue weighted by Crippen LogP contribution is -2.45. The van der Waals surface area contributed by atoms with Crippen LogP contribution in [0.25, 0.3) is 0 Å². The number of rotatable bonds is 43. The Balaban J connectivity index is 4.36. The molecule has 9 heteroatoms. The number of allylic oxidation sites excluding steroid dienone is 1. The van der Waals surface area contributed by atoms with E-state index >= 15 is 0 Å². The Labute approximate surface area is 342 Å². The summed E-state index contributed by atoms with van der Waals surface area (Å²) >= 11 is 0. The predicted molar refractivity (Wildman–Crippen MR) is 235 cm³/mol. The summed E-state index contributed by atoms with van der Waals surface area (Å²) in [4.78, 5) is 23.1. The Bertz CT molecular complexity index is 911. The highest BCUT2D eigenvalue weighted by atomic mass is 31.2. The van der Waals surface area contributed by atoms with Crippen molar-refractivity contribution in [1.29, 1.82) is 0 Å². The van der Waals surface area contributed by atoms with Crippen LogP contribution < -0.4 is 5.32 Å². The summed E-state index contributed by atoms with van der Waals surface area (Å²) in [6.07, 6.45) is 44.2. The van der Waals surface area contributed by atoms with Gasteiger partial charge in [0, 0.05) is 6.42 Å². The molecule has 0 aliphatic carbocycles. The highest BCUT2D eigenvalue weighted by Crippen LogP contribution is 2.43. The molecule has 0 aliphatic rings. The van der Waals surface area contributed by atoms with Crippen LogP contribution in [0.2, 0.25) is 0 Å². The Hall–Kier alpha value is -0.760. The summed E-state index contributed by atoms with van der Waals surface area (Å²) in [5.41, 5.74) is 0. The smallest absolute Gasteiger partial charge is 0.387 e. The average molecular weight is 802 g/mol. The van der Waals surface area contributed by atoms with Crippen LogP contribution in [0.15, 0.2) is 12.2 Å². The summed E-state index contributed by atoms with van der Waals surface area (Å²) in [6, 6.07) is -0.839. The largest absolute Gasteiger partial charge is 0.472 e. The Morgan fingerprint density at radius 2 is 0.964 bits per heavy atom. The topological polar surface area (TPSA) is 105 Å². The van der Waals surface area contributed by atoms with Gasteiger partial charge in [-0.25, -0.2) is 4.57 Å². The van der Waals surface area contributed by atoms with E-state index in [1.807, 2.05) is 27.2 Å². The van der Waals surface area contributed by atoms with Gasteiger partial charge in [0.05, 0.1) is 39.9 Å². The molecule has 0 aromatic heterocycles. The van der Waals surface area contributed by atoms with Crippen molar-refractivity contribution in [3.63, 3.8) is 0 Å². The van der Waals surface area contributed by atoms with Gasteiger partial charge < -0.3 is 19.8 Å². The van der Waals surface area contributed by atoms with Gasteiger partial charge in [0.15, 0.2) is 0 Å². The summed E-state index contributed by atoms with van der Waals surface area (Å²) in [5.74, 6) is -0.174. The van der Waals surface area contributed by atoms with Crippen LogP contribution in [-0.2, 0) is 18.4 Å². The molecule has 0 radical (unpaired) electrons. The van der Waals surface area contributed by atoms with Crippen LogP contribution in [0, 0.1) is 0 Å². The van der Waals surface area contributed by atoms with Gasteiger partial charge in [-0.05, 0) is 19.3 Å². The minimum Gasteiger partial charge on any atom is -0.387 e. The van der Waals surface area contributed by atoms with Gasteiger partial charge in [0.1, 0.15) is 13.2 Å². The van der Waals surface area contributed by atoms with Crippen molar-refractivity contribution < 1.29 is 32.9 Å². The number of carbonyl (C=O) groups is 1. The molecule has 0 heterocycles. The molecule has 3 atom stereocenters. The monoisotopic (exact) mass is 802 g/mol. The molecular weight excluding hydrogens is 707 g/mol. The van der Waals surface area contributed by atoms with Crippen molar-refractivity contribution in [2.24, 2.45) is 0 Å². The zero-order valence-corrected chi connectivity index (χ0v) is 38.1. The van der Waals surface area contributed by atoms with E-state index in [9.17, 15) is 19.4 Å². The number of phosphoric acid groups is 1. The Morgan fingerprint density at radius 3 is 1.35 bits per heavy atom. The first-order valence-corrected chi connectivity index (χ1v) is 25.1. The van der Waals surface area contributed by atoms with Crippen molar-refractivity contribution in [3.05, 3.63) is 12.2 Å². The van der Waals surface area contributed by atoms with Crippen molar-refractivity contribution >= 4 is 13.7 Å². The van der Waals surface area contributed by atoms with Crippen molar-refractivity contribution in [2.75, 3.05) is 40.9 Å². The minimum atomic E-state index is -4.33. The molecule has 0 bridgehead atoms. The SMILES string of the molecule is CCCCCCCCCCCCCCCCCC/C=C/C(O)C(COP(=O)(O)OCC[N+](C)(C)C)NC(=O)CCCCCCCCCCCCCCCCC. The fourth-order valence-electron chi connectivity index (χ4n) is 6.98. The first kappa shape index (κ1) is 54.2. The molecule has 0 aromatic carbocycles. The first-order chi connectivity index (χ1) is 26.5.